The van der Waals surface area contributed by atoms with Gasteiger partial charge in [-0.2, -0.15) is 0 Å². The van der Waals surface area contributed by atoms with Crippen molar-refractivity contribution in [3.63, 3.8) is 0 Å². The lowest BCUT2D eigenvalue weighted by atomic mass is 9.98. The molecule has 0 saturated heterocycles. The van der Waals surface area contributed by atoms with Gasteiger partial charge in [0, 0.05) is 10.9 Å². The summed E-state index contributed by atoms with van der Waals surface area (Å²) in [5.74, 6) is 2.29. The molecule has 34 heavy (non-hydrogen) atoms. The highest BCUT2D eigenvalue weighted by Gasteiger charge is 2.30. The quantitative estimate of drug-likeness (QED) is 0.329. The fourth-order valence-corrected chi connectivity index (χ4v) is 5.79. The Morgan fingerprint density at radius 2 is 2.15 bits per heavy atom. The summed E-state index contributed by atoms with van der Waals surface area (Å²) in [7, 11) is 1.66. The molecule has 2 aromatic carbocycles. The summed E-state index contributed by atoms with van der Waals surface area (Å²) >= 11 is 7.40. The largest absolute Gasteiger partial charge is 0.505 e. The first-order chi connectivity index (χ1) is 16.5. The molecule has 0 aliphatic heterocycles. The molecular weight excluding hydrogens is 474 g/mol. The number of methoxy groups -OCH3 is 1. The Bertz CT molecular complexity index is 1630. The van der Waals surface area contributed by atoms with Crippen LogP contribution in [0.4, 0.5) is 0 Å². The summed E-state index contributed by atoms with van der Waals surface area (Å²) in [6.45, 7) is 2.17. The molecule has 0 spiro atoms. The van der Waals surface area contributed by atoms with Gasteiger partial charge >= 0.3 is 0 Å². The third-order valence-corrected chi connectivity index (χ3v) is 7.72. The first-order valence-corrected chi connectivity index (χ1v) is 12.1. The molecule has 6 rings (SSSR count). The molecule has 0 radical (unpaired) electrons. The minimum Gasteiger partial charge on any atom is -0.505 e. The summed E-state index contributed by atoms with van der Waals surface area (Å²) in [5.41, 5.74) is 2.77. The number of halogens is 1. The molecule has 5 aromatic rings. The number of aromatic nitrogens is 3. The van der Waals surface area contributed by atoms with Crippen LogP contribution in [0.15, 0.2) is 46.1 Å². The van der Waals surface area contributed by atoms with Crippen LogP contribution >= 0.6 is 22.9 Å². The van der Waals surface area contributed by atoms with Crippen molar-refractivity contribution in [1.29, 1.82) is 0 Å². The van der Waals surface area contributed by atoms with E-state index < -0.39 is 0 Å². The van der Waals surface area contributed by atoms with Crippen LogP contribution in [0.1, 0.15) is 35.6 Å². The van der Waals surface area contributed by atoms with E-state index in [0.29, 0.717) is 37.8 Å². The van der Waals surface area contributed by atoms with E-state index in [1.807, 2.05) is 13.0 Å². The zero-order chi connectivity index (χ0) is 23.6. The average Bonchev–Trinajstić information content (AvgIpc) is 3.40. The monoisotopic (exact) mass is 493 g/mol. The average molecular weight is 494 g/mol. The van der Waals surface area contributed by atoms with E-state index in [-0.39, 0.29) is 22.9 Å². The second kappa shape index (κ2) is 7.85. The second-order valence-electron chi connectivity index (χ2n) is 8.53. The number of nitrogens with zero attached hydrogens (tertiary/aromatic N) is 3. The van der Waals surface area contributed by atoms with Gasteiger partial charge in [-0.25, -0.2) is 9.97 Å². The molecule has 1 aliphatic carbocycles. The maximum Gasteiger partial charge on any atom is 0.263 e. The topological polar surface area (TPSA) is 90.4 Å². The Labute approximate surface area is 203 Å². The van der Waals surface area contributed by atoms with Crippen molar-refractivity contribution in [2.75, 3.05) is 7.11 Å². The lowest BCUT2D eigenvalue weighted by molar-refractivity contribution is 0.411. The lowest BCUT2D eigenvalue weighted by Gasteiger charge is -2.17. The van der Waals surface area contributed by atoms with Crippen molar-refractivity contribution in [3.8, 4) is 22.9 Å². The van der Waals surface area contributed by atoms with E-state index in [0.717, 1.165) is 35.3 Å². The van der Waals surface area contributed by atoms with E-state index in [4.69, 9.17) is 25.7 Å². The fraction of sp³-hybridized carbons (Fsp3) is 0.240. The number of aromatic hydroxyl groups is 1. The van der Waals surface area contributed by atoms with Crippen molar-refractivity contribution >= 4 is 43.2 Å². The summed E-state index contributed by atoms with van der Waals surface area (Å²) < 4.78 is 13.2. The van der Waals surface area contributed by atoms with E-state index in [1.165, 1.54) is 17.7 Å². The number of aryl methyl sites for hydroxylation is 1. The lowest BCUT2D eigenvalue weighted by Crippen LogP contribution is -2.24. The zero-order valence-electron chi connectivity index (χ0n) is 18.5. The number of fused-ring (bicyclic) bond motifs is 3. The van der Waals surface area contributed by atoms with Crippen LogP contribution < -0.4 is 10.3 Å². The molecular formula is C25H20ClN3O4S. The molecule has 172 valence electrons. The van der Waals surface area contributed by atoms with Gasteiger partial charge in [-0.1, -0.05) is 17.7 Å². The van der Waals surface area contributed by atoms with Gasteiger partial charge in [0.25, 0.3) is 5.56 Å². The molecule has 9 heteroatoms. The predicted molar refractivity (Wildman–Crippen MR) is 132 cm³/mol. The molecule has 1 fully saturated rings. The van der Waals surface area contributed by atoms with E-state index in [9.17, 15) is 9.90 Å². The Morgan fingerprint density at radius 1 is 1.32 bits per heavy atom. The number of ether oxygens (including phenoxy) is 1. The van der Waals surface area contributed by atoms with Gasteiger partial charge in [0.1, 0.15) is 22.2 Å². The first-order valence-electron chi connectivity index (χ1n) is 10.9. The van der Waals surface area contributed by atoms with Crippen LogP contribution in [0.3, 0.4) is 0 Å². The minimum atomic E-state index is -0.209. The van der Waals surface area contributed by atoms with Crippen molar-refractivity contribution in [2.45, 2.75) is 32.2 Å². The van der Waals surface area contributed by atoms with E-state index in [2.05, 4.69) is 11.1 Å². The standard InChI is InChI=1S/C25H20ClN3O4S/c1-12-7-17(16(13-3-4-13)8-19(12)32-2)23-28-24-20(15-5-6-18(26)21(30)22(15)34-24)25(31)29(23)10-14-9-27-11-33-14/h5-9,11,13,30H,3-4,10H2,1-2H3. The van der Waals surface area contributed by atoms with Crippen molar-refractivity contribution < 1.29 is 14.3 Å². The Balaban J connectivity index is 1.70. The maximum atomic E-state index is 14.0. The van der Waals surface area contributed by atoms with Crippen molar-refractivity contribution in [2.24, 2.45) is 0 Å². The third kappa shape index (κ3) is 3.28. The maximum absolute atomic E-state index is 14.0. The van der Waals surface area contributed by atoms with Crippen molar-refractivity contribution in [1.82, 2.24) is 14.5 Å². The van der Waals surface area contributed by atoms with Gasteiger partial charge in [0.15, 0.2) is 12.1 Å². The fourth-order valence-electron chi connectivity index (χ4n) is 4.46. The highest BCUT2D eigenvalue weighted by atomic mass is 35.5. The number of thiophene rings is 1. The number of hydrogen-bond donors (Lipinski definition) is 1. The molecule has 1 saturated carbocycles. The number of hydrogen-bond acceptors (Lipinski definition) is 7. The highest BCUT2D eigenvalue weighted by molar-refractivity contribution is 7.25. The normalized spacial score (nSPS) is 13.7. The van der Waals surface area contributed by atoms with Gasteiger partial charge in [-0.3, -0.25) is 9.36 Å². The van der Waals surface area contributed by atoms with Gasteiger partial charge in [-0.15, -0.1) is 11.3 Å². The summed E-state index contributed by atoms with van der Waals surface area (Å²) in [5, 5.41) is 11.9. The van der Waals surface area contributed by atoms with Crippen LogP contribution in [0.25, 0.3) is 31.7 Å². The summed E-state index contributed by atoms with van der Waals surface area (Å²) in [4.78, 5) is 23.5. The number of rotatable bonds is 5. The number of phenolic OH excluding ortho intramolecular Hbond substituents is 1. The second-order valence-corrected chi connectivity index (χ2v) is 9.94. The highest BCUT2D eigenvalue weighted by Crippen LogP contribution is 2.47. The molecule has 0 unspecified atom stereocenters. The minimum absolute atomic E-state index is 0.0381. The van der Waals surface area contributed by atoms with Crippen LogP contribution in [0, 0.1) is 6.92 Å². The molecule has 1 aliphatic rings. The predicted octanol–water partition coefficient (Wildman–Crippen LogP) is 5.87. The molecule has 1 N–H and O–H groups in total. The number of benzene rings is 2. The number of phenols is 1. The molecule has 7 nitrogen and oxygen atoms in total. The third-order valence-electron chi connectivity index (χ3n) is 6.31. The van der Waals surface area contributed by atoms with Gasteiger partial charge < -0.3 is 14.3 Å². The number of oxazole rings is 1. The first kappa shape index (κ1) is 21.2. The van der Waals surface area contributed by atoms with E-state index in [1.54, 1.807) is 30.0 Å². The van der Waals surface area contributed by atoms with Crippen LogP contribution in [-0.4, -0.2) is 26.8 Å². The van der Waals surface area contributed by atoms with Crippen LogP contribution in [0.5, 0.6) is 11.5 Å². The molecule has 0 bridgehead atoms. The summed E-state index contributed by atoms with van der Waals surface area (Å²) in [6, 6.07) is 7.45. The van der Waals surface area contributed by atoms with E-state index >= 15 is 0 Å². The zero-order valence-corrected chi connectivity index (χ0v) is 20.0. The Morgan fingerprint density at radius 3 is 2.85 bits per heavy atom. The van der Waals surface area contributed by atoms with Gasteiger partial charge in [0.05, 0.1) is 35.0 Å². The summed E-state index contributed by atoms with van der Waals surface area (Å²) in [6.07, 6.45) is 5.12. The van der Waals surface area contributed by atoms with Crippen molar-refractivity contribution in [3.05, 3.63) is 69.1 Å². The molecule has 0 amide bonds. The molecule has 3 heterocycles. The van der Waals surface area contributed by atoms with Gasteiger partial charge in [0.2, 0.25) is 0 Å². The Kier molecular flexibility index (Phi) is 4.89. The molecule has 3 aromatic heterocycles. The smallest absolute Gasteiger partial charge is 0.263 e. The Hall–Kier alpha value is -3.36. The van der Waals surface area contributed by atoms with Gasteiger partial charge in [-0.05, 0) is 55.0 Å². The van der Waals surface area contributed by atoms with Crippen LogP contribution in [-0.2, 0) is 6.54 Å². The molecule has 0 atom stereocenters. The SMILES string of the molecule is COc1cc(C2CC2)c(-c2nc3sc4c(O)c(Cl)ccc4c3c(=O)n2Cc2cnco2)cc1C. The van der Waals surface area contributed by atoms with Crippen LogP contribution in [0.2, 0.25) is 5.02 Å².